The molecule has 0 radical (unpaired) electrons. The Morgan fingerprint density at radius 3 is 2.71 bits per heavy atom. The Balaban J connectivity index is 1.26. The van der Waals surface area contributed by atoms with E-state index in [9.17, 15) is 4.79 Å². The molecule has 1 aromatic carbocycles. The average Bonchev–Trinajstić information content (AvgIpc) is 3.45. The molecule has 7 nitrogen and oxygen atoms in total. The summed E-state index contributed by atoms with van der Waals surface area (Å²) in [5.74, 6) is 1.93. The Bertz CT molecular complexity index is 981. The molecule has 0 spiro atoms. The van der Waals surface area contributed by atoms with Crippen molar-refractivity contribution >= 4 is 28.8 Å². The summed E-state index contributed by atoms with van der Waals surface area (Å²) in [7, 11) is 0. The molecule has 1 amide bonds. The van der Waals surface area contributed by atoms with Crippen molar-refractivity contribution in [3.05, 3.63) is 39.7 Å². The van der Waals surface area contributed by atoms with Crippen LogP contribution in [0.2, 0.25) is 0 Å². The summed E-state index contributed by atoms with van der Waals surface area (Å²) in [5, 5.41) is 8.82. The molecule has 0 saturated carbocycles. The number of ether oxygens (including phenoxy) is 2. The molecular formula is C19H18N4O3S2. The van der Waals surface area contributed by atoms with Crippen molar-refractivity contribution in [2.45, 2.75) is 18.8 Å². The van der Waals surface area contributed by atoms with Gasteiger partial charge in [0.05, 0.1) is 10.7 Å². The molecule has 144 valence electrons. The zero-order valence-corrected chi connectivity index (χ0v) is 16.7. The number of aromatic nitrogens is 3. The zero-order chi connectivity index (χ0) is 18.9. The fourth-order valence-corrected chi connectivity index (χ4v) is 4.99. The first-order chi connectivity index (χ1) is 13.8. The topological polar surface area (TPSA) is 77.4 Å². The molecule has 9 heteroatoms. The number of piperidine rings is 1. The Morgan fingerprint density at radius 2 is 1.93 bits per heavy atom. The first-order valence-corrected chi connectivity index (χ1v) is 10.9. The summed E-state index contributed by atoms with van der Waals surface area (Å²) in [4.78, 5) is 19.1. The van der Waals surface area contributed by atoms with E-state index in [4.69, 9.17) is 14.5 Å². The summed E-state index contributed by atoms with van der Waals surface area (Å²) in [6, 6.07) is 5.96. The maximum Gasteiger partial charge on any atom is 0.275 e. The average molecular weight is 415 g/mol. The first-order valence-electron chi connectivity index (χ1n) is 9.20. The lowest BCUT2D eigenvalue weighted by Crippen LogP contribution is -2.38. The van der Waals surface area contributed by atoms with Crippen LogP contribution in [0.5, 0.6) is 11.5 Å². The second kappa shape index (κ2) is 7.48. The van der Waals surface area contributed by atoms with Gasteiger partial charge in [0.15, 0.2) is 17.2 Å². The van der Waals surface area contributed by atoms with Crippen molar-refractivity contribution in [1.29, 1.82) is 0 Å². The number of nitrogens with zero attached hydrogens (tertiary/aromatic N) is 4. The van der Waals surface area contributed by atoms with Gasteiger partial charge in [0.1, 0.15) is 13.2 Å². The Labute approximate surface area is 170 Å². The number of fused-ring (bicyclic) bond motifs is 1. The van der Waals surface area contributed by atoms with Crippen LogP contribution in [0.4, 0.5) is 0 Å². The van der Waals surface area contributed by atoms with Crippen LogP contribution in [0.15, 0.2) is 29.0 Å². The minimum absolute atomic E-state index is 0.0247. The smallest absolute Gasteiger partial charge is 0.275 e. The number of carbonyl (C=O) groups is 1. The largest absolute Gasteiger partial charge is 0.486 e. The molecule has 5 rings (SSSR count). The van der Waals surface area contributed by atoms with Crippen LogP contribution < -0.4 is 9.47 Å². The van der Waals surface area contributed by atoms with E-state index in [1.165, 1.54) is 11.5 Å². The molecule has 2 aliphatic rings. The fourth-order valence-electron chi connectivity index (χ4n) is 3.56. The van der Waals surface area contributed by atoms with Gasteiger partial charge >= 0.3 is 0 Å². The molecule has 0 N–H and O–H groups in total. The SMILES string of the molecule is O=C(c1csnn1)N1CCC(c2nc(-c3ccc4c(c3)OCCO4)cs2)CC1. The summed E-state index contributed by atoms with van der Waals surface area (Å²) in [5.41, 5.74) is 2.44. The lowest BCUT2D eigenvalue weighted by Gasteiger charge is -2.30. The molecule has 2 aliphatic heterocycles. The number of carbonyl (C=O) groups excluding carboxylic acids is 1. The van der Waals surface area contributed by atoms with Crippen LogP contribution in [0.3, 0.4) is 0 Å². The highest BCUT2D eigenvalue weighted by Crippen LogP contribution is 2.37. The summed E-state index contributed by atoms with van der Waals surface area (Å²) in [6.07, 6.45) is 1.83. The van der Waals surface area contributed by atoms with E-state index in [2.05, 4.69) is 15.0 Å². The van der Waals surface area contributed by atoms with Gasteiger partial charge in [-0.3, -0.25) is 4.79 Å². The fraction of sp³-hybridized carbons (Fsp3) is 0.368. The molecule has 1 fully saturated rings. The third-order valence-electron chi connectivity index (χ3n) is 5.07. The predicted molar refractivity (Wildman–Crippen MR) is 106 cm³/mol. The monoisotopic (exact) mass is 414 g/mol. The van der Waals surface area contributed by atoms with Gasteiger partial charge in [-0.15, -0.1) is 16.4 Å². The number of thiazole rings is 1. The number of likely N-dealkylation sites (tertiary alicyclic amines) is 1. The lowest BCUT2D eigenvalue weighted by atomic mass is 9.97. The van der Waals surface area contributed by atoms with Gasteiger partial charge in [-0.1, -0.05) is 4.49 Å². The number of benzene rings is 1. The molecule has 4 heterocycles. The molecular weight excluding hydrogens is 396 g/mol. The molecule has 0 unspecified atom stereocenters. The lowest BCUT2D eigenvalue weighted by molar-refractivity contribution is 0.0707. The van der Waals surface area contributed by atoms with E-state index >= 15 is 0 Å². The van der Waals surface area contributed by atoms with E-state index in [0.29, 0.717) is 24.8 Å². The molecule has 0 atom stereocenters. The molecule has 1 saturated heterocycles. The van der Waals surface area contributed by atoms with E-state index < -0.39 is 0 Å². The van der Waals surface area contributed by atoms with Crippen LogP contribution in [0.25, 0.3) is 11.3 Å². The standard InChI is InChI=1S/C19H18N4O3S2/c24-19(15-11-28-22-21-15)23-5-3-12(4-6-23)18-20-14(10-27-18)13-1-2-16-17(9-13)26-8-7-25-16/h1-2,9-12H,3-8H2. The molecule has 0 aliphatic carbocycles. The van der Waals surface area contributed by atoms with Crippen molar-refractivity contribution in [2.75, 3.05) is 26.3 Å². The van der Waals surface area contributed by atoms with Crippen molar-refractivity contribution in [2.24, 2.45) is 0 Å². The molecule has 3 aromatic rings. The number of hydrogen-bond acceptors (Lipinski definition) is 8. The minimum Gasteiger partial charge on any atom is -0.486 e. The van der Waals surface area contributed by atoms with Crippen molar-refractivity contribution in [3.63, 3.8) is 0 Å². The maximum atomic E-state index is 12.4. The highest BCUT2D eigenvalue weighted by atomic mass is 32.1. The van der Waals surface area contributed by atoms with E-state index in [1.807, 2.05) is 23.1 Å². The van der Waals surface area contributed by atoms with Crippen molar-refractivity contribution in [3.8, 4) is 22.8 Å². The number of amides is 1. The Kier molecular flexibility index (Phi) is 4.69. The summed E-state index contributed by atoms with van der Waals surface area (Å²) >= 11 is 2.89. The summed E-state index contributed by atoms with van der Waals surface area (Å²) < 4.78 is 15.0. The highest BCUT2D eigenvalue weighted by Gasteiger charge is 2.27. The van der Waals surface area contributed by atoms with E-state index in [-0.39, 0.29) is 5.91 Å². The normalized spacial score (nSPS) is 16.9. The third kappa shape index (κ3) is 3.35. The number of rotatable bonds is 3. The van der Waals surface area contributed by atoms with Crippen LogP contribution >= 0.6 is 22.9 Å². The van der Waals surface area contributed by atoms with Gasteiger partial charge in [0, 0.05) is 35.3 Å². The number of hydrogen-bond donors (Lipinski definition) is 0. The second-order valence-electron chi connectivity index (χ2n) is 6.79. The van der Waals surface area contributed by atoms with Gasteiger partial charge in [0.2, 0.25) is 0 Å². The van der Waals surface area contributed by atoms with Gasteiger partial charge in [-0.05, 0) is 42.6 Å². The molecule has 2 aromatic heterocycles. The second-order valence-corrected chi connectivity index (χ2v) is 8.29. The van der Waals surface area contributed by atoms with E-state index in [0.717, 1.165) is 53.7 Å². The quantitative estimate of drug-likeness (QED) is 0.653. The van der Waals surface area contributed by atoms with Crippen LogP contribution in [0.1, 0.15) is 34.3 Å². The van der Waals surface area contributed by atoms with Crippen LogP contribution in [-0.4, -0.2) is 51.7 Å². The van der Waals surface area contributed by atoms with Crippen LogP contribution in [-0.2, 0) is 0 Å². The Hall–Kier alpha value is -2.52. The zero-order valence-electron chi connectivity index (χ0n) is 15.0. The van der Waals surface area contributed by atoms with Crippen LogP contribution in [0, 0.1) is 0 Å². The van der Waals surface area contributed by atoms with Crippen molar-refractivity contribution in [1.82, 2.24) is 19.5 Å². The predicted octanol–water partition coefficient (Wildman–Crippen LogP) is 3.45. The maximum absolute atomic E-state index is 12.4. The summed E-state index contributed by atoms with van der Waals surface area (Å²) in [6.45, 7) is 2.61. The van der Waals surface area contributed by atoms with Gasteiger partial charge < -0.3 is 14.4 Å². The minimum atomic E-state index is -0.0247. The molecule has 28 heavy (non-hydrogen) atoms. The molecule has 0 bridgehead atoms. The Morgan fingerprint density at radius 1 is 1.11 bits per heavy atom. The van der Waals surface area contributed by atoms with Gasteiger partial charge in [-0.25, -0.2) is 4.98 Å². The van der Waals surface area contributed by atoms with E-state index in [1.54, 1.807) is 16.7 Å². The van der Waals surface area contributed by atoms with Crippen molar-refractivity contribution < 1.29 is 14.3 Å². The highest BCUT2D eigenvalue weighted by molar-refractivity contribution is 7.10. The van der Waals surface area contributed by atoms with Gasteiger partial charge in [0.25, 0.3) is 5.91 Å². The van der Waals surface area contributed by atoms with Gasteiger partial charge in [-0.2, -0.15) is 0 Å². The third-order valence-corrected chi connectivity index (χ3v) is 6.58. The first kappa shape index (κ1) is 17.6.